The number of nitrogens with zero attached hydrogens (tertiary/aromatic N) is 4. The van der Waals surface area contributed by atoms with Gasteiger partial charge in [-0.25, -0.2) is 0 Å². The van der Waals surface area contributed by atoms with E-state index in [-0.39, 0.29) is 40.1 Å². The number of hydrogen-bond donors (Lipinski definition) is 0. The predicted molar refractivity (Wildman–Crippen MR) is 286 cm³/mol. The molecule has 71 heavy (non-hydrogen) atoms. The minimum atomic E-state index is -0.552. The van der Waals surface area contributed by atoms with Crippen molar-refractivity contribution < 1.29 is 44.7 Å². The molecule has 13 rings (SSSR count). The van der Waals surface area contributed by atoms with Gasteiger partial charge >= 0.3 is 351 Å². The molecule has 3 heterocycles. The van der Waals surface area contributed by atoms with Gasteiger partial charge < -0.3 is 0 Å². The normalized spacial score (nSPS) is 16.8. The average Bonchev–Trinajstić information content (AvgIpc) is 1.13. The summed E-state index contributed by atoms with van der Waals surface area (Å²) in [7, 11) is 0. The first-order chi connectivity index (χ1) is 41.0. The Balaban J connectivity index is 1.03. The summed E-state index contributed by atoms with van der Waals surface area (Å²) in [5, 5.41) is 1.46. The molecule has 3 aromatic heterocycles. The molecule has 0 spiro atoms. The third-order valence-electron chi connectivity index (χ3n) is 14.0. The van der Waals surface area contributed by atoms with Crippen LogP contribution < -0.4 is 4.74 Å². The van der Waals surface area contributed by atoms with Crippen molar-refractivity contribution >= 4 is 32.8 Å². The summed E-state index contributed by atoms with van der Waals surface area (Å²) >= 11 is 2.21. The number of fused-ring (bicyclic) bond motifs is 4. The first kappa shape index (κ1) is 30.4. The Hall–Kier alpha value is -7.33. The van der Waals surface area contributed by atoms with Gasteiger partial charge in [0.2, 0.25) is 0 Å². The van der Waals surface area contributed by atoms with Gasteiger partial charge in [0.05, 0.1) is 6.85 Å². The van der Waals surface area contributed by atoms with Gasteiger partial charge in [-0.2, -0.15) is 0 Å². The van der Waals surface area contributed by atoms with E-state index < -0.39 is 78.6 Å². The number of imidazole rings is 1. The van der Waals surface area contributed by atoms with Crippen molar-refractivity contribution in [3.63, 3.8) is 0 Å². The van der Waals surface area contributed by atoms with Gasteiger partial charge in [0.15, 0.2) is 0 Å². The van der Waals surface area contributed by atoms with Crippen molar-refractivity contribution in [2.75, 3.05) is 0 Å². The van der Waals surface area contributed by atoms with E-state index in [1.807, 2.05) is 80.4 Å². The first-order valence-electron chi connectivity index (χ1n) is 31.3. The second kappa shape index (κ2) is 17.5. The number of rotatable bonds is 8. The standard InChI is InChI=1S/C65H52N4O.Pt/c1-65(2,3)48-36-37-66-60(39-48)69-56-35-32-47(43-18-7-4-8-19-43)38-55(56)52-34-33-51(41-59(52)69)70-50-27-17-26-49(40-50)67-42-68(58-31-14-13-30-57(58)67)64-62(45-20-9-5-10-21-45)53-28-15-24-44-25-16-29-54(61(44)53)63(64)46-22-11-6-12-23-46;/h4-14,17-23,26-27,30-39,44H,15-16,24-25,28-29H2,1-3H3;/q-2;/i4D,5D,6D,7D,8D,9D,10D,11D,12D,18D,19D,20D,21D,22D,23D;. The van der Waals surface area contributed by atoms with Crippen molar-refractivity contribution in [2.24, 2.45) is 0 Å². The van der Waals surface area contributed by atoms with Gasteiger partial charge in [0.1, 0.15) is 0 Å². The predicted octanol–water partition coefficient (Wildman–Crippen LogP) is 16.4. The summed E-state index contributed by atoms with van der Waals surface area (Å²) in [6, 6.07) is 26.4. The summed E-state index contributed by atoms with van der Waals surface area (Å²) in [6.07, 6.45) is 6.00. The van der Waals surface area contributed by atoms with Crippen LogP contribution in [0, 0.1) is 15.9 Å². The molecule has 0 saturated heterocycles. The molecule has 350 valence electrons. The van der Waals surface area contributed by atoms with Gasteiger partial charge in [0, 0.05) is 6.20 Å². The van der Waals surface area contributed by atoms with E-state index in [1.54, 1.807) is 24.4 Å². The molecule has 0 atom stereocenters. The summed E-state index contributed by atoms with van der Waals surface area (Å²) in [5.41, 5.74) is 8.02. The fourth-order valence-electron chi connectivity index (χ4n) is 10.9. The smallest absolute Gasteiger partial charge is 0.0617 e. The number of ether oxygens (including phenoxy) is 1. The first-order valence-corrected chi connectivity index (χ1v) is 24.9. The molecule has 2 aliphatic carbocycles. The topological polar surface area (TPSA) is 36.9 Å². The molecule has 0 fully saturated rings. The van der Waals surface area contributed by atoms with Gasteiger partial charge in [-0.3, -0.25) is 0 Å². The fraction of sp³-hybridized carbons (Fsp3) is 0.169. The number of aromatic nitrogens is 4. The molecule has 8 aromatic carbocycles. The van der Waals surface area contributed by atoms with E-state index in [0.717, 1.165) is 64.2 Å². The Morgan fingerprint density at radius 3 is 1.90 bits per heavy atom. The van der Waals surface area contributed by atoms with Crippen molar-refractivity contribution in [3.8, 4) is 62.1 Å². The summed E-state index contributed by atoms with van der Waals surface area (Å²) in [4.78, 5) is 4.85. The molecule has 0 radical (unpaired) electrons. The Morgan fingerprint density at radius 2 is 1.24 bits per heavy atom. The van der Waals surface area contributed by atoms with Gasteiger partial charge in [0.25, 0.3) is 0 Å². The maximum atomic E-state index is 9.57. The van der Waals surface area contributed by atoms with Crippen LogP contribution in [0.2, 0.25) is 0 Å². The van der Waals surface area contributed by atoms with Gasteiger partial charge in [-0.15, -0.1) is 0 Å². The minimum Gasteiger partial charge on any atom is -0.0617 e. The van der Waals surface area contributed by atoms with E-state index in [2.05, 4.69) is 52.3 Å². The van der Waals surface area contributed by atoms with Crippen molar-refractivity contribution in [1.82, 2.24) is 18.7 Å². The average molecular weight is 1120 g/mol. The number of hydrogen-bond acceptors (Lipinski definition) is 2. The minimum absolute atomic E-state index is 0.0298. The maximum absolute atomic E-state index is 9.57. The van der Waals surface area contributed by atoms with E-state index in [4.69, 9.17) is 24.8 Å². The molecule has 0 aliphatic heterocycles. The fourth-order valence-corrected chi connectivity index (χ4v) is 12.0. The third kappa shape index (κ3) is 7.47. The molecule has 11 aromatic rings. The van der Waals surface area contributed by atoms with Crippen LogP contribution in [-0.4, -0.2) is 18.7 Å². The monoisotopic (exact) mass is 1110 g/mol. The molecular formula is C65H52N4OPt-2. The van der Waals surface area contributed by atoms with E-state index in [0.29, 0.717) is 78.6 Å². The van der Waals surface area contributed by atoms with Crippen molar-refractivity contribution in [1.29, 1.82) is 0 Å². The second-order valence-corrected chi connectivity index (χ2v) is 20.2. The van der Waals surface area contributed by atoms with E-state index in [1.165, 1.54) is 0 Å². The van der Waals surface area contributed by atoms with E-state index in [9.17, 15) is 5.48 Å². The zero-order valence-corrected chi connectivity index (χ0v) is 41.3. The molecule has 2 aliphatic rings. The molecule has 0 saturated carbocycles. The Kier molecular flexibility index (Phi) is 7.50. The van der Waals surface area contributed by atoms with Crippen LogP contribution in [0.25, 0.3) is 83.4 Å². The van der Waals surface area contributed by atoms with Crippen LogP contribution in [0.4, 0.5) is 0 Å². The number of para-hydroxylation sites is 2. The molecule has 0 bridgehead atoms. The molecule has 0 N–H and O–H groups in total. The zero-order valence-electron chi connectivity index (χ0n) is 54.0. The third-order valence-corrected chi connectivity index (χ3v) is 15.0. The molecule has 5 nitrogen and oxygen atoms in total. The molecular weight excluding hydrogens is 1050 g/mol. The number of benzene rings is 8. The van der Waals surface area contributed by atoms with Crippen LogP contribution in [0.3, 0.4) is 0 Å². The molecule has 6 heteroatoms. The Morgan fingerprint density at radius 1 is 0.606 bits per heavy atom. The van der Waals surface area contributed by atoms with Crippen molar-refractivity contribution in [3.05, 3.63) is 220 Å². The SMILES string of the molecule is [2H]c1c([2H])c([2H])c(-c2ccc3c(c2)c2ccc(Oc4[c-]c(-n5[c](=[Pt])n(-c6c(-c7c([2H])c([2H])c([2H])c([2H])c7[2H])c7c8c(c6-c6c([2H])c([2H])c([2H])c([2H])c6[2H])CCCC8CCC7)c6ccccc65)ccc4)[c-]c2n3-c2cc(C(C)(C)C)ccn2)c([2H])c1[2H]. The van der Waals surface area contributed by atoms with Gasteiger partial charge in [-0.1, -0.05) is 57.0 Å². The van der Waals surface area contributed by atoms with Crippen LogP contribution in [0.15, 0.2) is 182 Å². The molecule has 0 amide bonds. The second-order valence-electron chi connectivity index (χ2n) is 19.2. The number of pyridine rings is 1. The van der Waals surface area contributed by atoms with E-state index >= 15 is 0 Å². The van der Waals surface area contributed by atoms with Crippen LogP contribution in [-0.2, 0) is 37.6 Å². The Bertz CT molecular complexity index is 4660. The summed E-state index contributed by atoms with van der Waals surface area (Å²) < 4.78 is 147. The van der Waals surface area contributed by atoms with Crippen LogP contribution >= 0.6 is 0 Å². The van der Waals surface area contributed by atoms with Crippen LogP contribution in [0.5, 0.6) is 11.5 Å². The summed E-state index contributed by atoms with van der Waals surface area (Å²) in [5.74, 6) is 1.26. The molecule has 0 unspecified atom stereocenters. The Labute approximate surface area is 447 Å². The van der Waals surface area contributed by atoms with Crippen LogP contribution in [0.1, 0.15) is 95.2 Å². The van der Waals surface area contributed by atoms with Crippen molar-refractivity contribution in [2.45, 2.75) is 70.6 Å². The summed E-state index contributed by atoms with van der Waals surface area (Å²) in [6.45, 7) is 6.35. The van der Waals surface area contributed by atoms with Gasteiger partial charge in [-0.05, 0) is 28.2 Å². The quantitative estimate of drug-likeness (QED) is 0.142. The zero-order chi connectivity index (χ0) is 60.8.